The summed E-state index contributed by atoms with van der Waals surface area (Å²) in [6.45, 7) is 0. The normalized spacial score (nSPS) is 16.0. The average Bonchev–Trinajstić information content (AvgIpc) is 3.04. The van der Waals surface area contributed by atoms with Crippen LogP contribution in [0.4, 0.5) is 5.13 Å². The van der Waals surface area contributed by atoms with Crippen molar-refractivity contribution in [3.63, 3.8) is 0 Å². The molecule has 1 amide bonds. The molecule has 3 rings (SSSR count). The molecule has 1 aromatic carbocycles. The first kappa shape index (κ1) is 12.6. The van der Waals surface area contributed by atoms with Crippen molar-refractivity contribution in [2.45, 2.75) is 38.5 Å². The van der Waals surface area contributed by atoms with Gasteiger partial charge in [0, 0.05) is 6.42 Å². The Balaban J connectivity index is 1.56. The van der Waals surface area contributed by atoms with Crippen LogP contribution in [0.5, 0.6) is 0 Å². The van der Waals surface area contributed by atoms with Crippen molar-refractivity contribution < 1.29 is 4.79 Å². The zero-order valence-corrected chi connectivity index (χ0v) is 11.7. The summed E-state index contributed by atoms with van der Waals surface area (Å²) >= 11 is 1.54. The van der Waals surface area contributed by atoms with Crippen LogP contribution in [0.15, 0.2) is 24.3 Å². The Hall–Kier alpha value is -1.42. The second-order valence-electron chi connectivity index (χ2n) is 5.22. The fraction of sp³-hybridized carbons (Fsp3) is 0.467. The van der Waals surface area contributed by atoms with E-state index in [0.717, 1.165) is 27.7 Å². The number of fused-ring (bicyclic) bond motifs is 1. The van der Waals surface area contributed by atoms with Crippen LogP contribution in [0.1, 0.15) is 38.5 Å². The third kappa shape index (κ3) is 3.13. The van der Waals surface area contributed by atoms with Crippen LogP contribution in [0.2, 0.25) is 0 Å². The van der Waals surface area contributed by atoms with Gasteiger partial charge in [-0.1, -0.05) is 49.2 Å². The fourth-order valence-electron chi connectivity index (χ4n) is 2.74. The first-order valence-electron chi connectivity index (χ1n) is 6.97. The molecule has 100 valence electrons. The predicted octanol–water partition coefficient (Wildman–Crippen LogP) is 4.21. The molecule has 0 radical (unpaired) electrons. The molecule has 1 aliphatic rings. The number of rotatable bonds is 4. The van der Waals surface area contributed by atoms with Gasteiger partial charge in [-0.3, -0.25) is 4.79 Å². The van der Waals surface area contributed by atoms with Gasteiger partial charge in [0.05, 0.1) is 10.2 Å². The summed E-state index contributed by atoms with van der Waals surface area (Å²) in [7, 11) is 0. The number of hydrogen-bond acceptors (Lipinski definition) is 3. The Bertz CT molecular complexity index is 539. The molecule has 0 aliphatic heterocycles. The summed E-state index contributed by atoms with van der Waals surface area (Å²) in [5, 5.41) is 3.64. The van der Waals surface area contributed by atoms with Crippen molar-refractivity contribution in [2.75, 3.05) is 5.32 Å². The minimum atomic E-state index is 0.103. The number of carbonyl (C=O) groups excluding carboxylic acids is 1. The van der Waals surface area contributed by atoms with Gasteiger partial charge in [-0.05, 0) is 24.5 Å². The van der Waals surface area contributed by atoms with Crippen molar-refractivity contribution in [1.82, 2.24) is 4.98 Å². The molecule has 4 heteroatoms. The number of carbonyl (C=O) groups is 1. The second kappa shape index (κ2) is 5.70. The number of nitrogens with zero attached hydrogens (tertiary/aromatic N) is 1. The smallest absolute Gasteiger partial charge is 0.226 e. The van der Waals surface area contributed by atoms with Crippen LogP contribution in [0.3, 0.4) is 0 Å². The van der Waals surface area contributed by atoms with Crippen LogP contribution in [-0.4, -0.2) is 10.9 Å². The van der Waals surface area contributed by atoms with E-state index in [2.05, 4.69) is 10.3 Å². The van der Waals surface area contributed by atoms with Gasteiger partial charge in [0.2, 0.25) is 5.91 Å². The van der Waals surface area contributed by atoms with E-state index in [0.29, 0.717) is 6.42 Å². The molecule has 1 N–H and O–H groups in total. The van der Waals surface area contributed by atoms with Crippen molar-refractivity contribution in [2.24, 2.45) is 5.92 Å². The minimum absolute atomic E-state index is 0.103. The quantitative estimate of drug-likeness (QED) is 0.907. The number of hydrogen-bond donors (Lipinski definition) is 1. The van der Waals surface area contributed by atoms with E-state index in [1.54, 1.807) is 11.3 Å². The number of amides is 1. The minimum Gasteiger partial charge on any atom is -0.302 e. The van der Waals surface area contributed by atoms with Gasteiger partial charge in [-0.25, -0.2) is 4.98 Å². The van der Waals surface area contributed by atoms with Crippen LogP contribution >= 0.6 is 11.3 Å². The molecule has 0 unspecified atom stereocenters. The first-order chi connectivity index (χ1) is 9.31. The van der Waals surface area contributed by atoms with E-state index in [1.165, 1.54) is 25.7 Å². The molecule has 0 atom stereocenters. The van der Waals surface area contributed by atoms with Crippen LogP contribution in [0.25, 0.3) is 10.2 Å². The largest absolute Gasteiger partial charge is 0.302 e. The molecule has 3 nitrogen and oxygen atoms in total. The SMILES string of the molecule is O=C(CCC1CCCC1)Nc1nc2ccccc2s1. The van der Waals surface area contributed by atoms with Crippen LogP contribution in [-0.2, 0) is 4.79 Å². The molecule has 0 spiro atoms. The number of anilines is 1. The highest BCUT2D eigenvalue weighted by atomic mass is 32.1. The van der Waals surface area contributed by atoms with Gasteiger partial charge in [-0.15, -0.1) is 0 Å². The molecule has 1 aromatic heterocycles. The van der Waals surface area contributed by atoms with Gasteiger partial charge in [0.15, 0.2) is 5.13 Å². The van der Waals surface area contributed by atoms with E-state index < -0.39 is 0 Å². The number of para-hydroxylation sites is 1. The van der Waals surface area contributed by atoms with Crippen molar-refractivity contribution >= 4 is 32.6 Å². The molecule has 1 saturated carbocycles. The van der Waals surface area contributed by atoms with E-state index in [1.807, 2.05) is 24.3 Å². The molecule has 1 heterocycles. The molecular formula is C15H18N2OS. The maximum atomic E-state index is 11.9. The molecule has 1 aliphatic carbocycles. The van der Waals surface area contributed by atoms with E-state index >= 15 is 0 Å². The third-order valence-electron chi connectivity index (χ3n) is 3.79. The summed E-state index contributed by atoms with van der Waals surface area (Å²) in [6.07, 6.45) is 6.93. The average molecular weight is 274 g/mol. The monoisotopic (exact) mass is 274 g/mol. The number of nitrogens with one attached hydrogen (secondary N) is 1. The lowest BCUT2D eigenvalue weighted by Gasteiger charge is -2.07. The maximum Gasteiger partial charge on any atom is 0.226 e. The first-order valence-corrected chi connectivity index (χ1v) is 7.78. The molecule has 19 heavy (non-hydrogen) atoms. The second-order valence-corrected chi connectivity index (χ2v) is 6.25. The Kier molecular flexibility index (Phi) is 3.78. The highest BCUT2D eigenvalue weighted by Crippen LogP contribution is 2.29. The maximum absolute atomic E-state index is 11.9. The lowest BCUT2D eigenvalue weighted by atomic mass is 10.0. The highest BCUT2D eigenvalue weighted by molar-refractivity contribution is 7.22. The highest BCUT2D eigenvalue weighted by Gasteiger charge is 2.16. The molecule has 0 bridgehead atoms. The summed E-state index contributed by atoms with van der Waals surface area (Å²) < 4.78 is 1.12. The number of aromatic nitrogens is 1. The molecule has 2 aromatic rings. The van der Waals surface area contributed by atoms with Crippen molar-refractivity contribution in [1.29, 1.82) is 0 Å². The Morgan fingerprint density at radius 2 is 2.11 bits per heavy atom. The van der Waals surface area contributed by atoms with Gasteiger partial charge in [0.25, 0.3) is 0 Å². The lowest BCUT2D eigenvalue weighted by molar-refractivity contribution is -0.116. The fourth-order valence-corrected chi connectivity index (χ4v) is 3.62. The summed E-state index contributed by atoms with van der Waals surface area (Å²) in [5.74, 6) is 0.868. The van der Waals surface area contributed by atoms with Crippen LogP contribution in [0, 0.1) is 5.92 Å². The summed E-state index contributed by atoms with van der Waals surface area (Å²) in [5.41, 5.74) is 0.957. The Morgan fingerprint density at radius 1 is 1.32 bits per heavy atom. The van der Waals surface area contributed by atoms with Gasteiger partial charge < -0.3 is 5.32 Å². The van der Waals surface area contributed by atoms with Crippen molar-refractivity contribution in [3.8, 4) is 0 Å². The van der Waals surface area contributed by atoms with Crippen molar-refractivity contribution in [3.05, 3.63) is 24.3 Å². The lowest BCUT2D eigenvalue weighted by Crippen LogP contribution is -2.12. The Labute approximate surface area is 117 Å². The van der Waals surface area contributed by atoms with E-state index in [9.17, 15) is 4.79 Å². The van der Waals surface area contributed by atoms with E-state index in [-0.39, 0.29) is 5.91 Å². The van der Waals surface area contributed by atoms with E-state index in [4.69, 9.17) is 0 Å². The van der Waals surface area contributed by atoms with Crippen LogP contribution < -0.4 is 5.32 Å². The standard InChI is InChI=1S/C15H18N2OS/c18-14(10-9-11-5-1-2-6-11)17-15-16-12-7-3-4-8-13(12)19-15/h3-4,7-8,11H,1-2,5-6,9-10H2,(H,16,17,18). The Morgan fingerprint density at radius 3 is 2.89 bits per heavy atom. The molecule has 0 saturated heterocycles. The van der Waals surface area contributed by atoms with Gasteiger partial charge in [-0.2, -0.15) is 0 Å². The summed E-state index contributed by atoms with van der Waals surface area (Å²) in [6, 6.07) is 7.96. The number of thiazole rings is 1. The molecule has 1 fully saturated rings. The topological polar surface area (TPSA) is 42.0 Å². The summed E-state index contributed by atoms with van der Waals surface area (Å²) in [4.78, 5) is 16.3. The number of benzene rings is 1. The zero-order valence-electron chi connectivity index (χ0n) is 10.9. The third-order valence-corrected chi connectivity index (χ3v) is 4.75. The zero-order chi connectivity index (χ0) is 13.1. The van der Waals surface area contributed by atoms with Gasteiger partial charge in [0.1, 0.15) is 0 Å². The molecular weight excluding hydrogens is 256 g/mol. The van der Waals surface area contributed by atoms with Gasteiger partial charge >= 0.3 is 0 Å². The predicted molar refractivity (Wildman–Crippen MR) is 79.4 cm³/mol.